The van der Waals surface area contributed by atoms with Crippen molar-refractivity contribution in [3.63, 3.8) is 0 Å². The van der Waals surface area contributed by atoms with Crippen LogP contribution in [0, 0.1) is 0 Å². The minimum Gasteiger partial charge on any atom is -0.258 e. The van der Waals surface area contributed by atoms with Gasteiger partial charge in [0, 0.05) is 13.3 Å². The van der Waals surface area contributed by atoms with Crippen LogP contribution in [-0.4, -0.2) is 32.2 Å². The number of aliphatic imine (C=N–C) groups is 1. The summed E-state index contributed by atoms with van der Waals surface area (Å²) in [6.07, 6.45) is 2.59. The Hall–Kier alpha value is -0.840. The highest BCUT2D eigenvalue weighted by Gasteiger charge is 2.10. The Kier molecular flexibility index (Phi) is 3.25. The lowest BCUT2D eigenvalue weighted by Crippen LogP contribution is -2.23. The highest BCUT2D eigenvalue weighted by Crippen LogP contribution is 2.03. The Balaban J connectivity index is 4.52. The monoisotopic (exact) mass is 176 g/mol. The van der Waals surface area contributed by atoms with Crippen LogP contribution in [0.25, 0.3) is 0 Å². The number of hydrogen-bond acceptors (Lipinski definition) is 3. The smallest absolute Gasteiger partial charge is 0.233 e. The van der Waals surface area contributed by atoms with Gasteiger partial charge in [-0.05, 0) is 6.92 Å². The lowest BCUT2D eigenvalue weighted by Gasteiger charge is -2.14. The normalized spacial score (nSPS) is 11.9. The van der Waals surface area contributed by atoms with Crippen molar-refractivity contribution in [3.8, 4) is 0 Å². The molecule has 64 valence electrons. The van der Waals surface area contributed by atoms with Crippen molar-refractivity contribution < 1.29 is 8.42 Å². The van der Waals surface area contributed by atoms with Gasteiger partial charge in [-0.2, -0.15) is 0 Å². The van der Waals surface area contributed by atoms with E-state index in [4.69, 9.17) is 0 Å². The minimum atomic E-state index is -3.20. The van der Waals surface area contributed by atoms with Crippen molar-refractivity contribution in [2.45, 2.75) is 6.92 Å². The largest absolute Gasteiger partial charge is 0.258 e. The molecule has 0 unspecified atom stereocenters. The van der Waals surface area contributed by atoms with Crippen molar-refractivity contribution in [1.82, 2.24) is 4.31 Å². The first-order valence-electron chi connectivity index (χ1n) is 3.01. The number of nitrogens with zero attached hydrogens (tertiary/aromatic N) is 2. The summed E-state index contributed by atoms with van der Waals surface area (Å²) >= 11 is 0. The molecule has 11 heavy (non-hydrogen) atoms. The third kappa shape index (κ3) is 3.18. The first kappa shape index (κ1) is 10.2. The molecule has 0 aromatic carbocycles. The second-order valence-electron chi connectivity index (χ2n) is 2.03. The van der Waals surface area contributed by atoms with Gasteiger partial charge < -0.3 is 0 Å². The molecule has 0 aliphatic heterocycles. The fourth-order valence-electron chi connectivity index (χ4n) is 0.422. The van der Waals surface area contributed by atoms with E-state index >= 15 is 0 Å². The first-order valence-corrected chi connectivity index (χ1v) is 4.86. The van der Waals surface area contributed by atoms with E-state index in [2.05, 4.69) is 11.6 Å². The van der Waals surface area contributed by atoms with Crippen LogP contribution >= 0.6 is 0 Å². The molecule has 0 saturated carbocycles. The molecule has 0 rings (SSSR count). The fourth-order valence-corrected chi connectivity index (χ4v) is 0.852. The van der Waals surface area contributed by atoms with Crippen LogP contribution in [0.1, 0.15) is 6.92 Å². The van der Waals surface area contributed by atoms with Gasteiger partial charge in [-0.1, -0.05) is 6.58 Å². The van der Waals surface area contributed by atoms with Crippen LogP contribution in [0.3, 0.4) is 0 Å². The Morgan fingerprint density at radius 3 is 2.36 bits per heavy atom. The van der Waals surface area contributed by atoms with Gasteiger partial charge >= 0.3 is 0 Å². The van der Waals surface area contributed by atoms with Crippen LogP contribution < -0.4 is 0 Å². The zero-order chi connectivity index (χ0) is 9.07. The maximum atomic E-state index is 10.8. The summed E-state index contributed by atoms with van der Waals surface area (Å²) in [6, 6.07) is 0. The van der Waals surface area contributed by atoms with Crippen molar-refractivity contribution in [3.05, 3.63) is 12.4 Å². The summed E-state index contributed by atoms with van der Waals surface area (Å²) < 4.78 is 22.7. The zero-order valence-corrected chi connectivity index (χ0v) is 7.72. The lowest BCUT2D eigenvalue weighted by atomic mass is 10.7. The average Bonchev–Trinajstić information content (AvgIpc) is 1.85. The number of hydrogen-bond donors (Lipinski definition) is 0. The van der Waals surface area contributed by atoms with Crippen molar-refractivity contribution in [1.29, 1.82) is 0 Å². The molecule has 0 radical (unpaired) electrons. The second-order valence-corrected chi connectivity index (χ2v) is 4.05. The van der Waals surface area contributed by atoms with E-state index in [1.807, 2.05) is 0 Å². The lowest BCUT2D eigenvalue weighted by molar-refractivity contribution is 0.529. The molecule has 0 aromatic heterocycles. The third-order valence-corrected chi connectivity index (χ3v) is 2.34. The molecule has 0 aliphatic rings. The molecule has 0 N–H and O–H groups in total. The molecule has 5 heteroatoms. The van der Waals surface area contributed by atoms with Gasteiger partial charge in [0.25, 0.3) is 0 Å². The summed E-state index contributed by atoms with van der Waals surface area (Å²) in [7, 11) is -1.80. The summed E-state index contributed by atoms with van der Waals surface area (Å²) in [5, 5.41) is 0. The van der Waals surface area contributed by atoms with E-state index in [0.29, 0.717) is 0 Å². The molecule has 0 heterocycles. The minimum absolute atomic E-state index is 0.218. The summed E-state index contributed by atoms with van der Waals surface area (Å²) in [5.41, 5.74) is 0. The Morgan fingerprint density at radius 1 is 1.64 bits per heavy atom. The van der Waals surface area contributed by atoms with Gasteiger partial charge in [-0.3, -0.25) is 4.31 Å². The maximum Gasteiger partial charge on any atom is 0.233 e. The second kappa shape index (κ2) is 3.52. The Labute approximate surface area is 67.3 Å². The molecule has 0 aromatic rings. The average molecular weight is 176 g/mol. The van der Waals surface area contributed by atoms with Crippen molar-refractivity contribution >= 4 is 16.2 Å². The van der Waals surface area contributed by atoms with Gasteiger partial charge in [-0.25, -0.2) is 13.4 Å². The highest BCUT2D eigenvalue weighted by molar-refractivity contribution is 7.88. The van der Waals surface area contributed by atoms with E-state index < -0.39 is 10.0 Å². The van der Waals surface area contributed by atoms with Crippen molar-refractivity contribution in [2.24, 2.45) is 4.99 Å². The van der Waals surface area contributed by atoms with Crippen LogP contribution in [0.4, 0.5) is 0 Å². The SMILES string of the molecule is C=C(/N=C\C)N(C)S(C)(=O)=O. The molecule has 0 spiro atoms. The molecular weight excluding hydrogens is 164 g/mol. The Morgan fingerprint density at radius 2 is 2.09 bits per heavy atom. The highest BCUT2D eigenvalue weighted by atomic mass is 32.2. The van der Waals surface area contributed by atoms with Gasteiger partial charge in [0.05, 0.1) is 6.26 Å². The topological polar surface area (TPSA) is 49.7 Å². The van der Waals surface area contributed by atoms with E-state index in [1.54, 1.807) is 6.92 Å². The maximum absolute atomic E-state index is 10.8. The number of sulfonamides is 1. The van der Waals surface area contributed by atoms with Crippen LogP contribution in [-0.2, 0) is 10.0 Å². The van der Waals surface area contributed by atoms with E-state index in [9.17, 15) is 8.42 Å². The van der Waals surface area contributed by atoms with Crippen LogP contribution in [0.15, 0.2) is 17.4 Å². The van der Waals surface area contributed by atoms with Gasteiger partial charge in [0.1, 0.15) is 5.82 Å². The van der Waals surface area contributed by atoms with Crippen LogP contribution in [0.2, 0.25) is 0 Å². The molecule has 0 bridgehead atoms. The quantitative estimate of drug-likeness (QED) is 0.586. The number of rotatable bonds is 3. The molecule has 0 atom stereocenters. The molecular formula is C6H12N2O2S. The van der Waals surface area contributed by atoms with E-state index in [-0.39, 0.29) is 5.82 Å². The first-order chi connectivity index (χ1) is 4.89. The predicted molar refractivity (Wildman–Crippen MR) is 45.9 cm³/mol. The molecule has 0 saturated heterocycles. The van der Waals surface area contributed by atoms with Gasteiger partial charge in [0.2, 0.25) is 10.0 Å². The summed E-state index contributed by atoms with van der Waals surface area (Å²) in [5.74, 6) is 0.218. The van der Waals surface area contributed by atoms with Gasteiger partial charge in [-0.15, -0.1) is 0 Å². The standard InChI is InChI=1S/C6H12N2O2S/c1-5-7-6(2)8(3)11(4,9)10/h5H,2H2,1,3-4H3/b7-5-. The fraction of sp³-hybridized carbons (Fsp3) is 0.500. The zero-order valence-electron chi connectivity index (χ0n) is 6.90. The molecule has 0 amide bonds. The molecule has 0 aliphatic carbocycles. The van der Waals surface area contributed by atoms with Gasteiger partial charge in [0.15, 0.2) is 0 Å². The van der Waals surface area contributed by atoms with Crippen molar-refractivity contribution in [2.75, 3.05) is 13.3 Å². The summed E-state index contributed by atoms with van der Waals surface area (Å²) in [4.78, 5) is 3.72. The van der Waals surface area contributed by atoms with E-state index in [0.717, 1.165) is 10.6 Å². The van der Waals surface area contributed by atoms with E-state index in [1.165, 1.54) is 13.3 Å². The van der Waals surface area contributed by atoms with Crippen LogP contribution in [0.5, 0.6) is 0 Å². The molecule has 0 fully saturated rings. The Bertz CT molecular complexity index is 266. The predicted octanol–water partition coefficient (Wildman–Crippen LogP) is 0.440. The summed E-state index contributed by atoms with van der Waals surface area (Å²) in [6.45, 7) is 5.16. The third-order valence-electron chi connectivity index (χ3n) is 1.14. The molecule has 4 nitrogen and oxygen atoms in total.